The van der Waals surface area contributed by atoms with Crippen molar-refractivity contribution in [1.82, 2.24) is 0 Å². The minimum atomic E-state index is -1.07. The number of carbonyl (C=O) groups excluding carboxylic acids is 4. The molecule has 1 aliphatic rings. The normalized spacial score (nSPS) is 14.6. The molecule has 0 N–H and O–H groups in total. The molecule has 8 aromatic carbocycles. The predicted molar refractivity (Wildman–Crippen MR) is 387 cm³/mol. The molecule has 494 valence electrons. The summed E-state index contributed by atoms with van der Waals surface area (Å²) in [5.41, 5.74) is 2.34. The fraction of sp³-hybridized carbons (Fsp3) is 0.219. The number of carbonyl (C=O) groups is 4. The highest BCUT2D eigenvalue weighted by molar-refractivity contribution is 9.11. The summed E-state index contributed by atoms with van der Waals surface area (Å²) in [6, 6.07) is 53.6. The summed E-state index contributed by atoms with van der Waals surface area (Å²) in [5.74, 6) is -1.04. The van der Waals surface area contributed by atoms with Crippen LogP contribution in [0.2, 0.25) is 30.1 Å². The third kappa shape index (κ3) is 19.6. The second-order valence-electron chi connectivity index (χ2n) is 22.1. The second kappa shape index (κ2) is 34.7. The van der Waals surface area contributed by atoms with E-state index in [1.807, 2.05) is 86.6 Å². The molecule has 0 aromatic heterocycles. The SMILES string of the molecule is C=CC(=O)Oc1cc(Br)c(OCC(COC2C(OC(=O)C=C)C2(C)C)OC(=O)CC(c2ccc(Cl)cc2)(c2ccc(Cl)cc2)c2ccc(Cl)cc2)c(Br)c1.[CH2]COCC(COc1c(Br)c[c]cc1Br)OC(=O)CC(c1ccc(Cl)cc1)(c1ccc(Cl)cc1)c1ccc(Cl)cc1. The highest BCUT2D eigenvalue weighted by atomic mass is 79.9. The van der Waals surface area contributed by atoms with Crippen LogP contribution in [-0.2, 0) is 53.7 Å². The zero-order valence-corrected chi connectivity index (χ0v) is 61.8. The van der Waals surface area contributed by atoms with Gasteiger partial charge < -0.3 is 37.9 Å². The summed E-state index contributed by atoms with van der Waals surface area (Å²) >= 11 is 51.6. The zero-order valence-electron chi connectivity index (χ0n) is 50.9. The molecule has 22 heteroatoms. The number of ether oxygens (including phenoxy) is 8. The Bertz CT molecular complexity index is 3710. The Hall–Kier alpha value is -5.70. The summed E-state index contributed by atoms with van der Waals surface area (Å²) in [4.78, 5) is 52.0. The number of halogens is 10. The molecule has 0 aliphatic heterocycles. The van der Waals surface area contributed by atoms with E-state index in [0.717, 1.165) is 45.5 Å². The maximum atomic E-state index is 14.4. The maximum Gasteiger partial charge on any atom is 0.335 e. The Morgan fingerprint density at radius 3 is 1.15 bits per heavy atom. The van der Waals surface area contributed by atoms with Crippen LogP contribution >= 0.6 is 133 Å². The fourth-order valence-corrected chi connectivity index (χ4v) is 13.9. The van der Waals surface area contributed by atoms with E-state index in [0.29, 0.717) is 59.5 Å². The van der Waals surface area contributed by atoms with Crippen molar-refractivity contribution in [2.24, 2.45) is 5.41 Å². The van der Waals surface area contributed by atoms with E-state index in [1.54, 1.807) is 97.1 Å². The Morgan fingerprint density at radius 2 is 0.821 bits per heavy atom. The number of esters is 4. The Morgan fingerprint density at radius 1 is 0.495 bits per heavy atom. The molecule has 0 spiro atoms. The first kappa shape index (κ1) is 75.1. The topological polar surface area (TPSA) is 142 Å². The van der Waals surface area contributed by atoms with E-state index in [1.165, 1.54) is 0 Å². The average Bonchev–Trinajstić information content (AvgIpc) is 1.70. The van der Waals surface area contributed by atoms with Gasteiger partial charge in [0.2, 0.25) is 0 Å². The molecular formula is C73H60Br4Cl6O12. The van der Waals surface area contributed by atoms with Crippen LogP contribution in [0.15, 0.2) is 213 Å². The van der Waals surface area contributed by atoms with Crippen molar-refractivity contribution in [3.8, 4) is 17.2 Å². The lowest BCUT2D eigenvalue weighted by atomic mass is 9.67. The van der Waals surface area contributed by atoms with Crippen LogP contribution in [0.25, 0.3) is 0 Å². The Labute approximate surface area is 615 Å². The molecule has 4 atom stereocenters. The van der Waals surface area contributed by atoms with Crippen LogP contribution in [0.5, 0.6) is 17.2 Å². The molecule has 1 aliphatic carbocycles. The van der Waals surface area contributed by atoms with E-state index in [2.05, 4.69) is 89.9 Å². The van der Waals surface area contributed by atoms with Crippen LogP contribution < -0.4 is 14.2 Å². The van der Waals surface area contributed by atoms with Gasteiger partial charge in [0.15, 0.2) is 12.2 Å². The molecule has 0 amide bonds. The van der Waals surface area contributed by atoms with Gasteiger partial charge in [-0.25, -0.2) is 9.59 Å². The van der Waals surface area contributed by atoms with Crippen LogP contribution in [0.1, 0.15) is 60.1 Å². The van der Waals surface area contributed by atoms with Crippen molar-refractivity contribution < 1.29 is 57.1 Å². The van der Waals surface area contributed by atoms with Gasteiger partial charge in [0, 0.05) is 54.3 Å². The van der Waals surface area contributed by atoms with Gasteiger partial charge in [0.25, 0.3) is 0 Å². The van der Waals surface area contributed by atoms with Crippen molar-refractivity contribution in [2.75, 3.05) is 33.0 Å². The number of rotatable bonds is 28. The van der Waals surface area contributed by atoms with Gasteiger partial charge in [0.05, 0.1) is 54.8 Å². The first-order valence-corrected chi connectivity index (χ1v) is 34.6. The smallest absolute Gasteiger partial charge is 0.335 e. The van der Waals surface area contributed by atoms with E-state index < -0.39 is 64.5 Å². The van der Waals surface area contributed by atoms with Gasteiger partial charge in [-0.15, -0.1) is 0 Å². The van der Waals surface area contributed by atoms with Gasteiger partial charge in [-0.2, -0.15) is 0 Å². The number of hydrogen-bond acceptors (Lipinski definition) is 12. The van der Waals surface area contributed by atoms with Crippen molar-refractivity contribution in [1.29, 1.82) is 0 Å². The van der Waals surface area contributed by atoms with Crippen molar-refractivity contribution in [2.45, 2.75) is 61.9 Å². The number of hydrogen-bond donors (Lipinski definition) is 0. The van der Waals surface area contributed by atoms with Gasteiger partial charge >= 0.3 is 23.9 Å². The van der Waals surface area contributed by atoms with E-state index in [-0.39, 0.29) is 51.6 Å². The Kier molecular flexibility index (Phi) is 27.4. The molecule has 9 rings (SSSR count). The Balaban J connectivity index is 0.000000253. The highest BCUT2D eigenvalue weighted by Crippen LogP contribution is 2.51. The third-order valence-electron chi connectivity index (χ3n) is 15.4. The lowest BCUT2D eigenvalue weighted by Gasteiger charge is -2.36. The molecule has 1 fully saturated rings. The van der Waals surface area contributed by atoms with Gasteiger partial charge in [-0.3, -0.25) is 9.59 Å². The third-order valence-corrected chi connectivity index (χ3v) is 19.3. The standard InChI is InChI=1S/C41H35Br2Cl3O8.C32H25Br2Cl3O4/c1-5-34(47)52-30-19-32(42)37(33(43)20-30)50-22-31(23-51-38-39(40(38,3)4)54-35(48)6-2)53-36(49)21-41(24-7-13-27(44)14-8-24,25-9-15-28(45)16-10-25)26-11-17-29(46)18-12-26;1-2-39-19-27(20-40-31-28(33)4-3-5-29(31)34)41-30(38)18-32(21-6-12-24(35)13-7-21,22-8-14-25(36)15-9-22)23-10-16-26(37)17-11-23/h5-20,31,38-39H,1-2,21-23H2,3-4H3;4-17,27H,1-2,18-20H2. The van der Waals surface area contributed by atoms with E-state index in [9.17, 15) is 19.2 Å². The molecule has 0 saturated heterocycles. The van der Waals surface area contributed by atoms with Gasteiger partial charge in [0.1, 0.15) is 42.7 Å². The van der Waals surface area contributed by atoms with Gasteiger partial charge in [-0.05, 0) is 207 Å². The second-order valence-corrected chi connectivity index (χ2v) is 28.1. The molecule has 95 heavy (non-hydrogen) atoms. The summed E-state index contributed by atoms with van der Waals surface area (Å²) in [6.45, 7) is 14.6. The van der Waals surface area contributed by atoms with Crippen LogP contribution in [0.4, 0.5) is 0 Å². The summed E-state index contributed by atoms with van der Waals surface area (Å²) in [7, 11) is 0. The first-order chi connectivity index (χ1) is 45.4. The highest BCUT2D eigenvalue weighted by Gasteiger charge is 2.62. The van der Waals surface area contributed by atoms with Crippen LogP contribution in [0, 0.1) is 18.4 Å². The summed E-state index contributed by atoms with van der Waals surface area (Å²) in [5, 5.41) is 3.32. The van der Waals surface area contributed by atoms with Crippen LogP contribution in [-0.4, -0.2) is 81.3 Å². The monoisotopic (exact) mass is 1650 g/mol. The van der Waals surface area contributed by atoms with Crippen LogP contribution in [0.3, 0.4) is 0 Å². The predicted octanol–water partition coefficient (Wildman–Crippen LogP) is 20.0. The summed E-state index contributed by atoms with van der Waals surface area (Å²) in [6.07, 6.45) is -0.691. The maximum absolute atomic E-state index is 14.4. The zero-order chi connectivity index (χ0) is 68.6. The van der Waals surface area contributed by atoms with Gasteiger partial charge in [-0.1, -0.05) is 169 Å². The average molecular weight is 1660 g/mol. The van der Waals surface area contributed by atoms with E-state index in [4.69, 9.17) is 108 Å². The van der Waals surface area contributed by atoms with E-state index >= 15 is 0 Å². The lowest BCUT2D eigenvalue weighted by Crippen LogP contribution is -2.36. The minimum Gasteiger partial charge on any atom is -0.487 e. The molecule has 0 heterocycles. The lowest BCUT2D eigenvalue weighted by molar-refractivity contribution is -0.156. The van der Waals surface area contributed by atoms with Crippen molar-refractivity contribution >= 4 is 157 Å². The molecule has 2 radical (unpaired) electrons. The quantitative estimate of drug-likeness (QED) is 0.0151. The summed E-state index contributed by atoms with van der Waals surface area (Å²) < 4.78 is 49.3. The number of benzene rings is 8. The molecule has 1 saturated carbocycles. The largest absolute Gasteiger partial charge is 0.487 e. The molecular weight excluding hydrogens is 1600 g/mol. The molecule has 12 nitrogen and oxygen atoms in total. The molecule has 8 aromatic rings. The van der Waals surface area contributed by atoms with Crippen molar-refractivity contribution in [3.05, 3.63) is 290 Å². The minimum absolute atomic E-state index is 0.0353. The molecule has 0 bridgehead atoms. The molecule has 4 unspecified atom stereocenters. The van der Waals surface area contributed by atoms with Crippen molar-refractivity contribution in [3.63, 3.8) is 0 Å². The first-order valence-electron chi connectivity index (χ1n) is 29.1. The fourth-order valence-electron chi connectivity index (χ4n) is 10.6.